The summed E-state index contributed by atoms with van der Waals surface area (Å²) in [6, 6.07) is 10.3. The van der Waals surface area contributed by atoms with E-state index in [1.54, 1.807) is 0 Å². The van der Waals surface area contributed by atoms with Gasteiger partial charge in [0, 0.05) is 12.6 Å². The Labute approximate surface area is 187 Å². The molecular weight excluding hydrogens is 447 g/mol. The van der Waals surface area contributed by atoms with Gasteiger partial charge in [0.1, 0.15) is 10.6 Å². The Bertz CT molecular complexity index is 1010. The molecule has 9 heteroatoms. The van der Waals surface area contributed by atoms with E-state index in [0.29, 0.717) is 19.6 Å². The number of sulfonamides is 1. The summed E-state index contributed by atoms with van der Waals surface area (Å²) in [5, 5.41) is 2.85. The fourth-order valence-corrected chi connectivity index (χ4v) is 4.91. The van der Waals surface area contributed by atoms with E-state index in [0.717, 1.165) is 25.0 Å². The van der Waals surface area contributed by atoms with Gasteiger partial charge in [-0.1, -0.05) is 40.9 Å². The van der Waals surface area contributed by atoms with E-state index in [1.165, 1.54) is 17.7 Å². The van der Waals surface area contributed by atoms with Crippen LogP contribution >= 0.6 is 23.2 Å². The molecule has 2 aromatic rings. The highest BCUT2D eigenvalue weighted by molar-refractivity contribution is 7.89. The molecule has 0 atom stereocenters. The molecule has 6 nitrogen and oxygen atoms in total. The van der Waals surface area contributed by atoms with Crippen LogP contribution in [0.1, 0.15) is 41.6 Å². The molecule has 2 aromatic carbocycles. The van der Waals surface area contributed by atoms with E-state index in [2.05, 4.69) is 10.0 Å². The van der Waals surface area contributed by atoms with Crippen molar-refractivity contribution in [3.8, 4) is 5.75 Å². The Hall–Kier alpha value is -1.80. The van der Waals surface area contributed by atoms with Crippen LogP contribution < -0.4 is 14.8 Å². The quantitative estimate of drug-likeness (QED) is 0.506. The molecule has 3 rings (SSSR count). The highest BCUT2D eigenvalue weighted by Crippen LogP contribution is 2.30. The molecule has 0 bridgehead atoms. The average Bonchev–Trinajstić information content (AvgIpc) is 3.49. The summed E-state index contributed by atoms with van der Waals surface area (Å²) in [7, 11) is -3.80. The van der Waals surface area contributed by atoms with Gasteiger partial charge in [-0.3, -0.25) is 4.79 Å². The maximum atomic E-state index is 12.5. The van der Waals surface area contributed by atoms with E-state index in [9.17, 15) is 13.2 Å². The summed E-state index contributed by atoms with van der Waals surface area (Å²) in [6.45, 7) is 2.97. The molecule has 0 heterocycles. The van der Waals surface area contributed by atoms with Crippen LogP contribution in [0.2, 0.25) is 10.0 Å². The van der Waals surface area contributed by atoms with Crippen LogP contribution in [0.5, 0.6) is 5.75 Å². The number of benzene rings is 2. The lowest BCUT2D eigenvalue weighted by Gasteiger charge is -2.12. The molecule has 0 saturated heterocycles. The Kier molecular flexibility index (Phi) is 7.63. The number of ether oxygens (including phenoxy) is 1. The van der Waals surface area contributed by atoms with Crippen LogP contribution in [0.3, 0.4) is 0 Å². The lowest BCUT2D eigenvalue weighted by atomic mass is 10.2. The van der Waals surface area contributed by atoms with Crippen molar-refractivity contribution in [2.75, 3.05) is 13.2 Å². The lowest BCUT2D eigenvalue weighted by Crippen LogP contribution is -2.28. The number of halogens is 2. The molecule has 0 unspecified atom stereocenters. The number of aryl methyl sites for hydroxylation is 1. The third kappa shape index (κ3) is 6.35. The number of hydrogen-bond donors (Lipinski definition) is 2. The number of carbonyl (C=O) groups excluding carboxylic acids is 1. The van der Waals surface area contributed by atoms with E-state index in [-0.39, 0.29) is 26.5 Å². The van der Waals surface area contributed by atoms with Crippen molar-refractivity contribution in [1.82, 2.24) is 10.0 Å². The summed E-state index contributed by atoms with van der Waals surface area (Å²) < 4.78 is 33.2. The summed E-state index contributed by atoms with van der Waals surface area (Å²) in [4.78, 5) is 12.3. The van der Waals surface area contributed by atoms with Gasteiger partial charge in [0.25, 0.3) is 5.91 Å². The van der Waals surface area contributed by atoms with Crippen molar-refractivity contribution in [3.63, 3.8) is 0 Å². The Morgan fingerprint density at radius 3 is 2.47 bits per heavy atom. The standard InChI is InChI=1S/C21H24Cl2N2O4S/c1-14-4-8-16(9-5-14)29-11-3-2-10-24-21(26)17-12-20(19(23)13-18(17)22)30(27,28)25-15-6-7-15/h4-5,8-9,12-13,15,25H,2-3,6-7,10-11H2,1H3,(H,24,26). The zero-order valence-corrected chi connectivity index (χ0v) is 18.9. The number of rotatable bonds is 10. The van der Waals surface area contributed by atoms with Crippen molar-refractivity contribution in [2.24, 2.45) is 0 Å². The van der Waals surface area contributed by atoms with Crippen molar-refractivity contribution in [1.29, 1.82) is 0 Å². The molecule has 0 spiro atoms. The molecule has 1 amide bonds. The van der Waals surface area contributed by atoms with Crippen LogP contribution in [0.4, 0.5) is 0 Å². The fourth-order valence-electron chi connectivity index (χ4n) is 2.74. The molecule has 0 aromatic heterocycles. The monoisotopic (exact) mass is 470 g/mol. The van der Waals surface area contributed by atoms with Crippen molar-refractivity contribution in [3.05, 3.63) is 57.6 Å². The number of unbranched alkanes of at least 4 members (excludes halogenated alkanes) is 1. The third-order valence-electron chi connectivity index (χ3n) is 4.60. The lowest BCUT2D eigenvalue weighted by molar-refractivity contribution is 0.0952. The number of carbonyl (C=O) groups is 1. The van der Waals surface area contributed by atoms with Crippen molar-refractivity contribution >= 4 is 39.1 Å². The van der Waals surface area contributed by atoms with Crippen molar-refractivity contribution < 1.29 is 17.9 Å². The summed E-state index contributed by atoms with van der Waals surface area (Å²) in [6.07, 6.45) is 3.06. The first-order chi connectivity index (χ1) is 14.3. The van der Waals surface area contributed by atoms with Crippen LogP contribution in [-0.4, -0.2) is 33.5 Å². The second-order valence-corrected chi connectivity index (χ2v) is 9.78. The predicted octanol–water partition coefficient (Wildman–Crippen LogP) is 4.33. The number of amides is 1. The first-order valence-corrected chi connectivity index (χ1v) is 12.0. The molecule has 162 valence electrons. The highest BCUT2D eigenvalue weighted by Gasteiger charge is 2.30. The molecule has 1 aliphatic carbocycles. The molecule has 1 saturated carbocycles. The van der Waals surface area contributed by atoms with E-state index >= 15 is 0 Å². The van der Waals surface area contributed by atoms with E-state index < -0.39 is 15.9 Å². The third-order valence-corrected chi connectivity index (χ3v) is 6.90. The first kappa shape index (κ1) is 22.9. The molecular formula is C21H24Cl2N2O4S. The minimum Gasteiger partial charge on any atom is -0.494 e. The van der Waals surface area contributed by atoms with Crippen LogP contribution in [0.25, 0.3) is 0 Å². The van der Waals surface area contributed by atoms with Gasteiger partial charge in [-0.25, -0.2) is 13.1 Å². The normalized spacial score (nSPS) is 13.8. The van der Waals surface area contributed by atoms with Crippen molar-refractivity contribution in [2.45, 2.75) is 43.5 Å². The van der Waals surface area contributed by atoms with Gasteiger partial charge in [0.2, 0.25) is 10.0 Å². The summed E-state index contributed by atoms with van der Waals surface area (Å²) >= 11 is 12.2. The minimum absolute atomic E-state index is 0.0158. The second-order valence-electron chi connectivity index (χ2n) is 7.28. The number of hydrogen-bond acceptors (Lipinski definition) is 4. The maximum absolute atomic E-state index is 12.5. The number of nitrogens with one attached hydrogen (secondary N) is 2. The Morgan fingerprint density at radius 2 is 1.80 bits per heavy atom. The summed E-state index contributed by atoms with van der Waals surface area (Å²) in [5.74, 6) is 0.366. The SMILES string of the molecule is Cc1ccc(OCCCCNC(=O)c2cc(S(=O)(=O)NC3CC3)c(Cl)cc2Cl)cc1. The zero-order valence-electron chi connectivity index (χ0n) is 16.6. The zero-order chi connectivity index (χ0) is 21.7. The second kappa shape index (κ2) is 10.0. The molecule has 1 aliphatic rings. The smallest absolute Gasteiger partial charge is 0.252 e. The van der Waals surface area contributed by atoms with Crippen LogP contribution in [0, 0.1) is 6.92 Å². The van der Waals surface area contributed by atoms with Gasteiger partial charge in [0.05, 0.1) is 22.2 Å². The minimum atomic E-state index is -3.80. The molecule has 0 aliphatic heterocycles. The van der Waals surface area contributed by atoms with Gasteiger partial charge in [-0.05, 0) is 56.9 Å². The van der Waals surface area contributed by atoms with Gasteiger partial charge < -0.3 is 10.1 Å². The van der Waals surface area contributed by atoms with Crippen LogP contribution in [-0.2, 0) is 10.0 Å². The van der Waals surface area contributed by atoms with Gasteiger partial charge in [-0.15, -0.1) is 0 Å². The Balaban J connectivity index is 1.51. The Morgan fingerprint density at radius 1 is 1.10 bits per heavy atom. The van der Waals surface area contributed by atoms with Gasteiger partial charge in [0.15, 0.2) is 0 Å². The van der Waals surface area contributed by atoms with Gasteiger partial charge >= 0.3 is 0 Å². The van der Waals surface area contributed by atoms with E-state index in [1.807, 2.05) is 31.2 Å². The topological polar surface area (TPSA) is 84.5 Å². The fraction of sp³-hybridized carbons (Fsp3) is 0.381. The van der Waals surface area contributed by atoms with E-state index in [4.69, 9.17) is 27.9 Å². The average molecular weight is 471 g/mol. The van der Waals surface area contributed by atoms with Gasteiger partial charge in [-0.2, -0.15) is 0 Å². The van der Waals surface area contributed by atoms with Crippen LogP contribution in [0.15, 0.2) is 41.3 Å². The first-order valence-electron chi connectivity index (χ1n) is 9.75. The highest BCUT2D eigenvalue weighted by atomic mass is 35.5. The molecule has 0 radical (unpaired) electrons. The molecule has 2 N–H and O–H groups in total. The molecule has 30 heavy (non-hydrogen) atoms. The predicted molar refractivity (Wildman–Crippen MR) is 118 cm³/mol. The summed E-state index contributed by atoms with van der Waals surface area (Å²) in [5.41, 5.74) is 1.25. The maximum Gasteiger partial charge on any atom is 0.252 e. The molecule has 1 fully saturated rings. The largest absolute Gasteiger partial charge is 0.494 e.